The molecule has 6 heteroatoms. The molecule has 104 valence electrons. The van der Waals surface area contributed by atoms with E-state index in [4.69, 9.17) is 9.15 Å². The lowest BCUT2D eigenvalue weighted by molar-refractivity contribution is 0.0917. The number of ether oxygens (including phenoxy) is 1. The number of hydrogen-bond donors (Lipinski definition) is 2. The van der Waals surface area contributed by atoms with E-state index in [0.717, 1.165) is 19.5 Å². The Balaban J connectivity index is 0.00000289. The maximum Gasteiger partial charge on any atom is 0.287 e. The van der Waals surface area contributed by atoms with Gasteiger partial charge in [-0.2, -0.15) is 0 Å². The molecule has 0 bridgehead atoms. The molecule has 0 aliphatic heterocycles. The molecule has 1 heterocycles. The van der Waals surface area contributed by atoms with E-state index in [9.17, 15) is 4.79 Å². The van der Waals surface area contributed by atoms with Crippen LogP contribution in [0, 0.1) is 0 Å². The fraction of sp³-hybridized carbons (Fsp3) is 0.583. The van der Waals surface area contributed by atoms with Crippen LogP contribution in [0.3, 0.4) is 0 Å². The summed E-state index contributed by atoms with van der Waals surface area (Å²) < 4.78 is 10.2. The topological polar surface area (TPSA) is 63.5 Å². The third kappa shape index (κ3) is 6.05. The number of carbonyl (C=O) groups excluding carboxylic acids is 1. The van der Waals surface area contributed by atoms with E-state index in [-0.39, 0.29) is 18.3 Å². The van der Waals surface area contributed by atoms with Crippen LogP contribution in [0.4, 0.5) is 0 Å². The predicted octanol–water partition coefficient (Wildman–Crippen LogP) is 1.58. The summed E-state index contributed by atoms with van der Waals surface area (Å²) in [5.74, 6) is 0.792. The van der Waals surface area contributed by atoms with Gasteiger partial charge in [-0.1, -0.05) is 6.92 Å². The summed E-state index contributed by atoms with van der Waals surface area (Å²) in [7, 11) is 1.58. The van der Waals surface area contributed by atoms with Gasteiger partial charge >= 0.3 is 0 Å². The summed E-state index contributed by atoms with van der Waals surface area (Å²) in [6.45, 7) is 4.82. The van der Waals surface area contributed by atoms with Crippen LogP contribution in [-0.4, -0.2) is 32.7 Å². The van der Waals surface area contributed by atoms with Gasteiger partial charge in [0.2, 0.25) is 0 Å². The predicted molar refractivity (Wildman–Crippen MR) is 72.2 cm³/mol. The number of rotatable bonds is 8. The Labute approximate surface area is 114 Å². The highest BCUT2D eigenvalue weighted by atomic mass is 35.5. The van der Waals surface area contributed by atoms with Crippen molar-refractivity contribution in [2.24, 2.45) is 0 Å². The minimum atomic E-state index is -0.189. The second kappa shape index (κ2) is 9.94. The molecule has 1 aromatic heterocycles. The van der Waals surface area contributed by atoms with Crippen LogP contribution in [0.25, 0.3) is 0 Å². The number of carbonyl (C=O) groups is 1. The maximum absolute atomic E-state index is 11.6. The number of nitrogens with one attached hydrogen (secondary N) is 2. The van der Waals surface area contributed by atoms with Gasteiger partial charge < -0.3 is 19.8 Å². The number of furan rings is 1. The normalized spacial score (nSPS) is 9.89. The molecule has 5 nitrogen and oxygen atoms in total. The van der Waals surface area contributed by atoms with Crippen LogP contribution in [0.5, 0.6) is 0 Å². The number of amides is 1. The van der Waals surface area contributed by atoms with Gasteiger partial charge in [-0.3, -0.25) is 4.79 Å². The molecule has 0 spiro atoms. The molecule has 18 heavy (non-hydrogen) atoms. The molecular formula is C12H21ClN2O3. The van der Waals surface area contributed by atoms with Crippen LogP contribution in [0.1, 0.15) is 29.7 Å². The van der Waals surface area contributed by atoms with Crippen molar-refractivity contribution in [1.29, 1.82) is 0 Å². The summed E-state index contributed by atoms with van der Waals surface area (Å²) in [6.07, 6.45) is 1.09. The summed E-state index contributed by atoms with van der Waals surface area (Å²) in [5, 5.41) is 5.98. The first-order valence-corrected chi connectivity index (χ1v) is 5.84. The van der Waals surface area contributed by atoms with Gasteiger partial charge in [0.05, 0.1) is 0 Å². The Morgan fingerprint density at radius 1 is 1.33 bits per heavy atom. The monoisotopic (exact) mass is 276 g/mol. The van der Waals surface area contributed by atoms with Crippen LogP contribution >= 0.6 is 12.4 Å². The smallest absolute Gasteiger partial charge is 0.287 e. The molecule has 0 fully saturated rings. The zero-order valence-electron chi connectivity index (χ0n) is 10.8. The van der Waals surface area contributed by atoms with Crippen molar-refractivity contribution in [2.45, 2.75) is 20.0 Å². The summed E-state index contributed by atoms with van der Waals surface area (Å²) >= 11 is 0. The Bertz CT molecular complexity index is 342. The standard InChI is InChI=1S/C12H20N2O3.ClH/c1-3-6-13-7-8-14-12(15)11-5-4-10(17-11)9-16-2;/h4-5,13H,3,6-9H2,1-2H3,(H,14,15);1H. The van der Waals surface area contributed by atoms with Gasteiger partial charge in [0.15, 0.2) is 5.76 Å². The summed E-state index contributed by atoms with van der Waals surface area (Å²) in [6, 6.07) is 3.40. The molecule has 1 amide bonds. The average molecular weight is 277 g/mol. The van der Waals surface area contributed by atoms with Crippen molar-refractivity contribution in [1.82, 2.24) is 10.6 Å². The third-order valence-electron chi connectivity index (χ3n) is 2.19. The quantitative estimate of drug-likeness (QED) is 0.708. The van der Waals surface area contributed by atoms with Crippen LogP contribution in [0.2, 0.25) is 0 Å². The van der Waals surface area contributed by atoms with E-state index in [2.05, 4.69) is 17.6 Å². The third-order valence-corrected chi connectivity index (χ3v) is 2.19. The van der Waals surface area contributed by atoms with E-state index in [1.807, 2.05) is 0 Å². The first-order chi connectivity index (χ1) is 8.27. The average Bonchev–Trinajstić information content (AvgIpc) is 2.78. The highest BCUT2D eigenvalue weighted by Crippen LogP contribution is 2.08. The minimum absolute atomic E-state index is 0. The highest BCUT2D eigenvalue weighted by molar-refractivity contribution is 5.91. The first kappa shape index (κ1) is 17.0. The summed E-state index contributed by atoms with van der Waals surface area (Å²) in [4.78, 5) is 11.6. The fourth-order valence-corrected chi connectivity index (χ4v) is 1.37. The first-order valence-electron chi connectivity index (χ1n) is 5.84. The van der Waals surface area contributed by atoms with E-state index < -0.39 is 0 Å². The lowest BCUT2D eigenvalue weighted by Gasteiger charge is -2.04. The second-order valence-electron chi connectivity index (χ2n) is 3.70. The number of halogens is 1. The Morgan fingerprint density at radius 3 is 2.78 bits per heavy atom. The van der Waals surface area contributed by atoms with Gasteiger partial charge in [0.1, 0.15) is 12.4 Å². The molecule has 0 saturated carbocycles. The summed E-state index contributed by atoms with van der Waals surface area (Å²) in [5.41, 5.74) is 0. The van der Waals surface area contributed by atoms with Crippen molar-refractivity contribution in [3.05, 3.63) is 23.7 Å². The van der Waals surface area contributed by atoms with Gasteiger partial charge in [-0.05, 0) is 25.1 Å². The van der Waals surface area contributed by atoms with E-state index in [1.54, 1.807) is 19.2 Å². The Hall–Kier alpha value is -1.04. The van der Waals surface area contributed by atoms with Crippen LogP contribution in [0.15, 0.2) is 16.5 Å². The van der Waals surface area contributed by atoms with Gasteiger partial charge in [0.25, 0.3) is 5.91 Å². The van der Waals surface area contributed by atoms with E-state index >= 15 is 0 Å². The van der Waals surface area contributed by atoms with E-state index in [0.29, 0.717) is 24.7 Å². The molecule has 0 aliphatic rings. The van der Waals surface area contributed by atoms with Crippen molar-refractivity contribution in [3.8, 4) is 0 Å². The van der Waals surface area contributed by atoms with Crippen molar-refractivity contribution in [3.63, 3.8) is 0 Å². The molecule has 0 aromatic carbocycles. The molecule has 0 radical (unpaired) electrons. The molecule has 0 saturated heterocycles. The molecule has 1 rings (SSSR count). The van der Waals surface area contributed by atoms with Gasteiger partial charge in [-0.25, -0.2) is 0 Å². The molecule has 2 N–H and O–H groups in total. The molecule has 0 unspecified atom stereocenters. The maximum atomic E-state index is 11.6. The Kier molecular flexibility index (Phi) is 9.36. The van der Waals surface area contributed by atoms with Crippen molar-refractivity contribution in [2.75, 3.05) is 26.7 Å². The van der Waals surface area contributed by atoms with Gasteiger partial charge in [0, 0.05) is 20.2 Å². The minimum Gasteiger partial charge on any atom is -0.453 e. The van der Waals surface area contributed by atoms with Crippen molar-refractivity contribution >= 4 is 18.3 Å². The zero-order chi connectivity index (χ0) is 12.5. The van der Waals surface area contributed by atoms with Gasteiger partial charge in [-0.15, -0.1) is 12.4 Å². The second-order valence-corrected chi connectivity index (χ2v) is 3.70. The number of methoxy groups -OCH3 is 1. The SMILES string of the molecule is CCCNCCNC(=O)c1ccc(COC)o1.Cl. The number of hydrogen-bond acceptors (Lipinski definition) is 4. The van der Waals surface area contributed by atoms with Crippen molar-refractivity contribution < 1.29 is 13.9 Å². The van der Waals surface area contributed by atoms with Crippen LogP contribution in [-0.2, 0) is 11.3 Å². The van der Waals surface area contributed by atoms with E-state index in [1.165, 1.54) is 0 Å². The van der Waals surface area contributed by atoms with Crippen LogP contribution < -0.4 is 10.6 Å². The molecular weight excluding hydrogens is 256 g/mol. The fourth-order valence-electron chi connectivity index (χ4n) is 1.37. The molecule has 0 aliphatic carbocycles. The lowest BCUT2D eigenvalue weighted by Crippen LogP contribution is -2.31. The molecule has 0 atom stereocenters. The highest BCUT2D eigenvalue weighted by Gasteiger charge is 2.09. The largest absolute Gasteiger partial charge is 0.453 e. The lowest BCUT2D eigenvalue weighted by atomic mass is 10.4. The Morgan fingerprint density at radius 2 is 2.11 bits per heavy atom. The zero-order valence-corrected chi connectivity index (χ0v) is 11.6. The molecule has 1 aromatic rings.